The van der Waals surface area contributed by atoms with Gasteiger partial charge in [0.15, 0.2) is 0 Å². The SMILES string of the molecule is COCCCOCCN1CCC(C)(C(=N)N)CC1. The fourth-order valence-electron chi connectivity index (χ4n) is 2.14. The van der Waals surface area contributed by atoms with E-state index in [1.54, 1.807) is 7.11 Å². The number of nitrogens with one attached hydrogen (secondary N) is 1. The van der Waals surface area contributed by atoms with Crippen LogP contribution in [0.5, 0.6) is 0 Å². The van der Waals surface area contributed by atoms with Crippen LogP contribution in [0, 0.1) is 10.8 Å². The molecule has 0 radical (unpaired) electrons. The number of piperidine rings is 1. The molecule has 1 saturated heterocycles. The highest BCUT2D eigenvalue weighted by atomic mass is 16.5. The molecular weight excluding hydrogens is 230 g/mol. The highest BCUT2D eigenvalue weighted by Crippen LogP contribution is 2.30. The van der Waals surface area contributed by atoms with Gasteiger partial charge in [-0.15, -0.1) is 0 Å². The summed E-state index contributed by atoms with van der Waals surface area (Å²) in [6.07, 6.45) is 2.91. The maximum absolute atomic E-state index is 7.61. The quantitative estimate of drug-likeness (QED) is 0.388. The third kappa shape index (κ3) is 4.92. The molecule has 5 nitrogen and oxygen atoms in total. The molecule has 0 aliphatic carbocycles. The first-order valence-electron chi connectivity index (χ1n) is 6.72. The van der Waals surface area contributed by atoms with E-state index >= 15 is 0 Å². The van der Waals surface area contributed by atoms with Crippen molar-refractivity contribution in [2.24, 2.45) is 11.1 Å². The third-order valence-corrected chi connectivity index (χ3v) is 3.80. The zero-order valence-corrected chi connectivity index (χ0v) is 11.7. The van der Waals surface area contributed by atoms with Gasteiger partial charge in [-0.25, -0.2) is 0 Å². The van der Waals surface area contributed by atoms with Crippen LogP contribution in [0.4, 0.5) is 0 Å². The summed E-state index contributed by atoms with van der Waals surface area (Å²) in [6, 6.07) is 0. The number of likely N-dealkylation sites (tertiary alicyclic amines) is 1. The number of amidine groups is 1. The fraction of sp³-hybridized carbons (Fsp3) is 0.923. The topological polar surface area (TPSA) is 71.6 Å². The van der Waals surface area contributed by atoms with Gasteiger partial charge in [-0.1, -0.05) is 6.92 Å². The van der Waals surface area contributed by atoms with Crippen LogP contribution in [0.15, 0.2) is 0 Å². The molecule has 5 heteroatoms. The van der Waals surface area contributed by atoms with Crippen molar-refractivity contribution in [2.45, 2.75) is 26.2 Å². The van der Waals surface area contributed by atoms with Gasteiger partial charge in [0, 0.05) is 32.3 Å². The van der Waals surface area contributed by atoms with Gasteiger partial charge in [0.2, 0.25) is 0 Å². The molecule has 1 rings (SSSR count). The summed E-state index contributed by atoms with van der Waals surface area (Å²) in [6.45, 7) is 7.40. The van der Waals surface area contributed by atoms with Gasteiger partial charge in [0.25, 0.3) is 0 Å². The Morgan fingerprint density at radius 3 is 2.50 bits per heavy atom. The summed E-state index contributed by atoms with van der Waals surface area (Å²) >= 11 is 0. The number of hydrogen-bond acceptors (Lipinski definition) is 4. The molecule has 1 aliphatic heterocycles. The van der Waals surface area contributed by atoms with Crippen LogP contribution in [0.3, 0.4) is 0 Å². The molecule has 0 bridgehead atoms. The lowest BCUT2D eigenvalue weighted by molar-refractivity contribution is 0.0701. The number of nitrogens with zero attached hydrogens (tertiary/aromatic N) is 1. The van der Waals surface area contributed by atoms with E-state index in [1.807, 2.05) is 0 Å². The van der Waals surface area contributed by atoms with E-state index in [2.05, 4.69) is 11.8 Å². The summed E-state index contributed by atoms with van der Waals surface area (Å²) in [7, 11) is 1.71. The van der Waals surface area contributed by atoms with Crippen LogP contribution in [-0.2, 0) is 9.47 Å². The summed E-state index contributed by atoms with van der Waals surface area (Å²) in [5, 5.41) is 7.61. The van der Waals surface area contributed by atoms with Crippen LogP contribution < -0.4 is 5.73 Å². The second-order valence-corrected chi connectivity index (χ2v) is 5.27. The van der Waals surface area contributed by atoms with Crippen molar-refractivity contribution in [2.75, 3.05) is 46.6 Å². The third-order valence-electron chi connectivity index (χ3n) is 3.80. The largest absolute Gasteiger partial charge is 0.387 e. The normalized spacial score (nSPS) is 19.9. The van der Waals surface area contributed by atoms with Gasteiger partial charge < -0.3 is 20.1 Å². The van der Waals surface area contributed by atoms with Gasteiger partial charge in [0.05, 0.1) is 12.4 Å². The minimum Gasteiger partial charge on any atom is -0.387 e. The second kappa shape index (κ2) is 7.71. The Morgan fingerprint density at radius 1 is 1.28 bits per heavy atom. The molecule has 1 fully saturated rings. The van der Waals surface area contributed by atoms with Crippen LogP contribution in [-0.4, -0.2) is 57.3 Å². The van der Waals surface area contributed by atoms with Crippen LogP contribution in [0.25, 0.3) is 0 Å². The van der Waals surface area contributed by atoms with Crippen LogP contribution in [0.1, 0.15) is 26.2 Å². The Hall–Kier alpha value is -0.650. The highest BCUT2D eigenvalue weighted by molar-refractivity contribution is 5.83. The minimum absolute atomic E-state index is 0.0875. The summed E-state index contributed by atoms with van der Waals surface area (Å²) in [5.41, 5.74) is 5.56. The molecule has 106 valence electrons. The van der Waals surface area contributed by atoms with E-state index in [0.717, 1.165) is 58.7 Å². The van der Waals surface area contributed by atoms with Crippen LogP contribution >= 0.6 is 0 Å². The fourth-order valence-corrected chi connectivity index (χ4v) is 2.14. The molecule has 0 aromatic heterocycles. The van der Waals surface area contributed by atoms with Crippen molar-refractivity contribution >= 4 is 5.84 Å². The van der Waals surface area contributed by atoms with Crippen molar-refractivity contribution in [3.05, 3.63) is 0 Å². The van der Waals surface area contributed by atoms with Gasteiger partial charge in [-0.2, -0.15) is 0 Å². The Labute approximate surface area is 110 Å². The van der Waals surface area contributed by atoms with E-state index in [9.17, 15) is 0 Å². The highest BCUT2D eigenvalue weighted by Gasteiger charge is 2.32. The second-order valence-electron chi connectivity index (χ2n) is 5.27. The number of ether oxygens (including phenoxy) is 2. The molecule has 0 spiro atoms. The van der Waals surface area contributed by atoms with Gasteiger partial charge in [-0.3, -0.25) is 5.41 Å². The first-order valence-corrected chi connectivity index (χ1v) is 6.72. The molecule has 1 aliphatic rings. The summed E-state index contributed by atoms with van der Waals surface area (Å²) in [5.74, 6) is 0.331. The molecule has 18 heavy (non-hydrogen) atoms. The standard InChI is InChI=1S/C13H27N3O2/c1-13(12(14)15)4-6-16(7-5-13)8-11-18-10-3-9-17-2/h3-11H2,1-2H3,(H3,14,15). The smallest absolute Gasteiger partial charge is 0.0966 e. The predicted octanol–water partition coefficient (Wildman–Crippen LogP) is 1.08. The van der Waals surface area contributed by atoms with Crippen molar-refractivity contribution in [1.82, 2.24) is 4.90 Å². The number of rotatable bonds is 8. The zero-order valence-electron chi connectivity index (χ0n) is 11.7. The van der Waals surface area contributed by atoms with Crippen LogP contribution in [0.2, 0.25) is 0 Å². The molecule has 0 aromatic rings. The Bertz CT molecular complexity index is 251. The molecule has 0 amide bonds. The molecule has 0 unspecified atom stereocenters. The summed E-state index contributed by atoms with van der Waals surface area (Å²) < 4.78 is 10.5. The molecule has 0 aromatic carbocycles. The van der Waals surface area contributed by atoms with Crippen molar-refractivity contribution in [1.29, 1.82) is 5.41 Å². The minimum atomic E-state index is -0.0875. The number of hydrogen-bond donors (Lipinski definition) is 2. The van der Waals surface area contributed by atoms with Crippen molar-refractivity contribution in [3.8, 4) is 0 Å². The maximum Gasteiger partial charge on any atom is 0.0966 e. The Balaban J connectivity index is 2.07. The molecule has 3 N–H and O–H groups in total. The molecular formula is C13H27N3O2. The van der Waals surface area contributed by atoms with E-state index in [4.69, 9.17) is 20.6 Å². The first kappa shape index (κ1) is 15.4. The lowest BCUT2D eigenvalue weighted by Crippen LogP contribution is -2.45. The molecule has 0 saturated carbocycles. The molecule has 1 heterocycles. The predicted molar refractivity (Wildman–Crippen MR) is 73.0 cm³/mol. The Morgan fingerprint density at radius 2 is 1.94 bits per heavy atom. The monoisotopic (exact) mass is 257 g/mol. The van der Waals surface area contributed by atoms with E-state index in [1.165, 1.54) is 0 Å². The van der Waals surface area contributed by atoms with Gasteiger partial charge in [-0.05, 0) is 32.4 Å². The number of methoxy groups -OCH3 is 1. The van der Waals surface area contributed by atoms with E-state index < -0.39 is 0 Å². The summed E-state index contributed by atoms with van der Waals surface area (Å²) in [4.78, 5) is 2.39. The lowest BCUT2D eigenvalue weighted by Gasteiger charge is -2.38. The molecule has 0 atom stereocenters. The van der Waals surface area contributed by atoms with E-state index in [0.29, 0.717) is 5.84 Å². The Kier molecular flexibility index (Phi) is 6.60. The maximum atomic E-state index is 7.61. The van der Waals surface area contributed by atoms with E-state index in [-0.39, 0.29) is 5.41 Å². The lowest BCUT2D eigenvalue weighted by atomic mass is 9.79. The van der Waals surface area contributed by atoms with Crippen molar-refractivity contribution < 1.29 is 9.47 Å². The van der Waals surface area contributed by atoms with Crippen molar-refractivity contribution in [3.63, 3.8) is 0 Å². The van der Waals surface area contributed by atoms with Gasteiger partial charge >= 0.3 is 0 Å². The number of nitrogens with two attached hydrogens (primary N) is 1. The average molecular weight is 257 g/mol. The van der Waals surface area contributed by atoms with Gasteiger partial charge in [0.1, 0.15) is 0 Å². The zero-order chi connectivity index (χ0) is 13.4. The first-order chi connectivity index (χ1) is 8.58. The average Bonchev–Trinajstić information content (AvgIpc) is 2.36.